The molecule has 1 atom stereocenters. The van der Waals surface area contributed by atoms with Crippen LogP contribution in [0, 0.1) is 10.1 Å². The Labute approximate surface area is 114 Å². The van der Waals surface area contributed by atoms with Crippen LogP contribution < -0.4 is 0 Å². The van der Waals surface area contributed by atoms with Gasteiger partial charge in [0.15, 0.2) is 0 Å². The van der Waals surface area contributed by atoms with Crippen molar-refractivity contribution in [3.8, 4) is 0 Å². The van der Waals surface area contributed by atoms with Crippen LogP contribution >= 0.6 is 15.9 Å². The molecule has 1 fully saturated rings. The molecule has 2 rings (SSSR count). The number of nitrogens with zero attached hydrogens (tertiary/aromatic N) is 2. The van der Waals surface area contributed by atoms with Crippen molar-refractivity contribution in [2.24, 2.45) is 0 Å². The summed E-state index contributed by atoms with van der Waals surface area (Å²) >= 11 is 3.19. The number of nitro benzene ring substituents is 1. The van der Waals surface area contributed by atoms with Crippen LogP contribution in [-0.4, -0.2) is 35.6 Å². The molecule has 0 N–H and O–H groups in total. The van der Waals surface area contributed by atoms with Crippen molar-refractivity contribution >= 4 is 21.6 Å². The maximum Gasteiger partial charge on any atom is 0.283 e. The van der Waals surface area contributed by atoms with Gasteiger partial charge in [0, 0.05) is 25.2 Å². The molecule has 0 radical (unpaired) electrons. The highest BCUT2D eigenvalue weighted by molar-refractivity contribution is 9.10. The summed E-state index contributed by atoms with van der Waals surface area (Å²) < 4.78 is 5.89. The van der Waals surface area contributed by atoms with E-state index >= 15 is 0 Å². The lowest BCUT2D eigenvalue weighted by Crippen LogP contribution is -2.42. The molecule has 18 heavy (non-hydrogen) atoms. The second-order valence-electron chi connectivity index (χ2n) is 4.44. The monoisotopic (exact) mass is 314 g/mol. The number of benzene rings is 1. The molecule has 1 aromatic carbocycles. The third kappa shape index (κ3) is 3.07. The molecule has 0 aromatic heterocycles. The average molecular weight is 315 g/mol. The van der Waals surface area contributed by atoms with Gasteiger partial charge in [0.1, 0.15) is 0 Å². The molecular formula is C12H15BrN2O3. The van der Waals surface area contributed by atoms with Gasteiger partial charge in [0.2, 0.25) is 0 Å². The maximum absolute atomic E-state index is 10.9. The molecule has 0 amide bonds. The van der Waals surface area contributed by atoms with Gasteiger partial charge in [-0.15, -0.1) is 0 Å². The molecule has 1 saturated heterocycles. The van der Waals surface area contributed by atoms with Crippen molar-refractivity contribution < 1.29 is 9.66 Å². The summed E-state index contributed by atoms with van der Waals surface area (Å²) in [7, 11) is 0. The predicted molar refractivity (Wildman–Crippen MR) is 71.5 cm³/mol. The topological polar surface area (TPSA) is 55.6 Å². The average Bonchev–Trinajstić information content (AvgIpc) is 2.34. The molecule has 5 nitrogen and oxygen atoms in total. The first-order valence-electron chi connectivity index (χ1n) is 5.82. The van der Waals surface area contributed by atoms with E-state index in [1.807, 2.05) is 6.07 Å². The maximum atomic E-state index is 10.9. The van der Waals surface area contributed by atoms with Gasteiger partial charge in [-0.05, 0) is 34.5 Å². The van der Waals surface area contributed by atoms with Crippen molar-refractivity contribution in [1.29, 1.82) is 0 Å². The first-order valence-corrected chi connectivity index (χ1v) is 6.62. The fraction of sp³-hybridized carbons (Fsp3) is 0.500. The molecule has 0 aliphatic carbocycles. The summed E-state index contributed by atoms with van der Waals surface area (Å²) in [5, 5.41) is 10.9. The Kier molecular flexibility index (Phi) is 4.31. The zero-order valence-electron chi connectivity index (χ0n) is 10.1. The quantitative estimate of drug-likeness (QED) is 0.635. The zero-order valence-corrected chi connectivity index (χ0v) is 11.7. The first-order chi connectivity index (χ1) is 8.58. The van der Waals surface area contributed by atoms with Crippen LogP contribution in [0.15, 0.2) is 22.7 Å². The van der Waals surface area contributed by atoms with E-state index in [2.05, 4.69) is 27.8 Å². The van der Waals surface area contributed by atoms with E-state index in [4.69, 9.17) is 4.74 Å². The molecule has 1 aliphatic heterocycles. The fourth-order valence-electron chi connectivity index (χ4n) is 2.03. The summed E-state index contributed by atoms with van der Waals surface area (Å²) in [6, 6.07) is 5.63. The molecule has 0 saturated carbocycles. The normalized spacial score (nSPS) is 20.9. The molecular weight excluding hydrogens is 300 g/mol. The van der Waals surface area contributed by atoms with Gasteiger partial charge in [-0.25, -0.2) is 0 Å². The smallest absolute Gasteiger partial charge is 0.283 e. The minimum Gasteiger partial charge on any atom is -0.379 e. The molecule has 1 aliphatic rings. The molecule has 6 heteroatoms. The highest BCUT2D eigenvalue weighted by Gasteiger charge is 2.20. The van der Waals surface area contributed by atoms with Gasteiger partial charge in [-0.1, -0.05) is 6.07 Å². The van der Waals surface area contributed by atoms with Crippen LogP contribution in [0.3, 0.4) is 0 Å². The number of hydrogen-bond acceptors (Lipinski definition) is 4. The number of halogens is 1. The SMILES string of the molecule is CC1COCCN1Cc1ccc(Br)c([N+](=O)[O-])c1. The molecule has 0 spiro atoms. The highest BCUT2D eigenvalue weighted by Crippen LogP contribution is 2.26. The van der Waals surface area contributed by atoms with E-state index < -0.39 is 0 Å². The van der Waals surface area contributed by atoms with Crippen LogP contribution in [0.25, 0.3) is 0 Å². The lowest BCUT2D eigenvalue weighted by Gasteiger charge is -2.33. The second kappa shape index (κ2) is 5.77. The van der Waals surface area contributed by atoms with Crippen LogP contribution in [0.2, 0.25) is 0 Å². The number of rotatable bonds is 3. The largest absolute Gasteiger partial charge is 0.379 e. The Bertz CT molecular complexity index is 453. The van der Waals surface area contributed by atoms with Crippen LogP contribution in [0.1, 0.15) is 12.5 Å². The van der Waals surface area contributed by atoms with E-state index in [0.717, 1.165) is 31.9 Å². The Hall–Kier alpha value is -0.980. The Morgan fingerprint density at radius 1 is 1.61 bits per heavy atom. The van der Waals surface area contributed by atoms with Gasteiger partial charge in [-0.2, -0.15) is 0 Å². The van der Waals surface area contributed by atoms with E-state index in [1.54, 1.807) is 12.1 Å². The Morgan fingerprint density at radius 2 is 2.39 bits per heavy atom. The summed E-state index contributed by atoms with van der Waals surface area (Å²) in [6.07, 6.45) is 0. The van der Waals surface area contributed by atoms with Gasteiger partial charge >= 0.3 is 0 Å². The predicted octanol–water partition coefficient (Wildman–Crippen LogP) is 2.58. The molecule has 1 unspecified atom stereocenters. The van der Waals surface area contributed by atoms with Crippen molar-refractivity contribution in [3.63, 3.8) is 0 Å². The minimum atomic E-state index is -0.365. The van der Waals surface area contributed by atoms with Gasteiger partial charge in [0.25, 0.3) is 5.69 Å². The van der Waals surface area contributed by atoms with Gasteiger partial charge < -0.3 is 4.74 Å². The van der Waals surface area contributed by atoms with Crippen LogP contribution in [0.4, 0.5) is 5.69 Å². The van der Waals surface area contributed by atoms with E-state index in [0.29, 0.717) is 10.5 Å². The van der Waals surface area contributed by atoms with E-state index in [1.165, 1.54) is 0 Å². The summed E-state index contributed by atoms with van der Waals surface area (Å²) in [4.78, 5) is 12.8. The van der Waals surface area contributed by atoms with E-state index in [9.17, 15) is 10.1 Å². The number of hydrogen-bond donors (Lipinski definition) is 0. The molecule has 1 aromatic rings. The third-order valence-corrected chi connectivity index (χ3v) is 3.77. The number of morpholine rings is 1. The van der Waals surface area contributed by atoms with E-state index in [-0.39, 0.29) is 10.6 Å². The number of ether oxygens (including phenoxy) is 1. The summed E-state index contributed by atoms with van der Waals surface area (Å²) in [6.45, 7) is 5.14. The second-order valence-corrected chi connectivity index (χ2v) is 5.29. The van der Waals surface area contributed by atoms with Crippen molar-refractivity contribution in [2.45, 2.75) is 19.5 Å². The molecule has 1 heterocycles. The van der Waals surface area contributed by atoms with Crippen LogP contribution in [-0.2, 0) is 11.3 Å². The summed E-state index contributed by atoms with van der Waals surface area (Å²) in [5.74, 6) is 0. The third-order valence-electron chi connectivity index (χ3n) is 3.10. The minimum absolute atomic E-state index is 0.119. The van der Waals surface area contributed by atoms with Gasteiger partial charge in [-0.3, -0.25) is 15.0 Å². The molecule has 98 valence electrons. The van der Waals surface area contributed by atoms with Crippen molar-refractivity contribution in [3.05, 3.63) is 38.3 Å². The Balaban J connectivity index is 2.14. The standard InChI is InChI=1S/C12H15BrN2O3/c1-9-8-18-5-4-14(9)7-10-2-3-11(13)12(6-10)15(16)17/h2-3,6,9H,4-5,7-8H2,1H3. The molecule has 0 bridgehead atoms. The van der Waals surface area contributed by atoms with Crippen molar-refractivity contribution in [1.82, 2.24) is 4.90 Å². The Morgan fingerprint density at radius 3 is 3.06 bits per heavy atom. The summed E-state index contributed by atoms with van der Waals surface area (Å²) in [5.41, 5.74) is 1.08. The van der Waals surface area contributed by atoms with Gasteiger partial charge in [0.05, 0.1) is 22.6 Å². The van der Waals surface area contributed by atoms with Crippen molar-refractivity contribution in [2.75, 3.05) is 19.8 Å². The lowest BCUT2D eigenvalue weighted by atomic mass is 10.1. The fourth-order valence-corrected chi connectivity index (χ4v) is 2.42. The number of nitro groups is 1. The van der Waals surface area contributed by atoms with Crippen LogP contribution in [0.5, 0.6) is 0 Å². The highest BCUT2D eigenvalue weighted by atomic mass is 79.9. The zero-order chi connectivity index (χ0) is 13.1. The lowest BCUT2D eigenvalue weighted by molar-refractivity contribution is -0.385. The first kappa shape index (κ1) is 13.5.